The van der Waals surface area contributed by atoms with Crippen LogP contribution in [0.5, 0.6) is 0 Å². The van der Waals surface area contributed by atoms with Gasteiger partial charge in [0.05, 0.1) is 5.69 Å². The van der Waals surface area contributed by atoms with Gasteiger partial charge in [-0.15, -0.1) is 0 Å². The molecule has 2 rings (SSSR count). The minimum atomic E-state index is -0.575. The zero-order valence-corrected chi connectivity index (χ0v) is 9.61. The van der Waals surface area contributed by atoms with Gasteiger partial charge in [-0.05, 0) is 24.3 Å². The predicted octanol–water partition coefficient (Wildman–Crippen LogP) is 1.33. The third-order valence-corrected chi connectivity index (χ3v) is 2.63. The topological polar surface area (TPSA) is 44.0 Å². The van der Waals surface area contributed by atoms with E-state index in [4.69, 9.17) is 11.6 Å². The maximum atomic E-state index is 12.8. The van der Waals surface area contributed by atoms with Gasteiger partial charge in [0.25, 0.3) is 5.56 Å². The van der Waals surface area contributed by atoms with Crippen molar-refractivity contribution in [1.29, 1.82) is 0 Å². The molecule has 0 aliphatic carbocycles. The number of rotatable bonds is 1. The van der Waals surface area contributed by atoms with Crippen LogP contribution in [0, 0.1) is 5.82 Å². The Hall–Kier alpha value is -1.88. The van der Waals surface area contributed by atoms with Gasteiger partial charge in [0, 0.05) is 13.1 Å². The summed E-state index contributed by atoms with van der Waals surface area (Å²) in [6.45, 7) is 0. The fourth-order valence-electron chi connectivity index (χ4n) is 1.42. The number of nitrogens with zero attached hydrogens (tertiary/aromatic N) is 2. The van der Waals surface area contributed by atoms with Crippen molar-refractivity contribution in [3.8, 4) is 5.69 Å². The van der Waals surface area contributed by atoms with Crippen molar-refractivity contribution in [2.45, 2.75) is 0 Å². The van der Waals surface area contributed by atoms with Crippen LogP contribution >= 0.6 is 11.6 Å². The second-order valence-electron chi connectivity index (χ2n) is 3.46. The van der Waals surface area contributed by atoms with Crippen LogP contribution in [0.1, 0.15) is 0 Å². The predicted molar refractivity (Wildman–Crippen MR) is 62.2 cm³/mol. The van der Waals surface area contributed by atoms with E-state index in [0.717, 1.165) is 15.2 Å². The molecule has 0 saturated carbocycles. The lowest BCUT2D eigenvalue weighted by atomic mass is 10.3. The van der Waals surface area contributed by atoms with Crippen molar-refractivity contribution in [3.05, 3.63) is 62.1 Å². The van der Waals surface area contributed by atoms with Crippen LogP contribution in [0.25, 0.3) is 5.69 Å². The molecule has 0 saturated heterocycles. The second kappa shape index (κ2) is 4.18. The molecule has 0 atom stereocenters. The van der Waals surface area contributed by atoms with Crippen molar-refractivity contribution < 1.29 is 4.39 Å². The molecule has 0 unspecified atom stereocenters. The molecule has 0 bridgehead atoms. The maximum absolute atomic E-state index is 12.8. The second-order valence-corrected chi connectivity index (χ2v) is 3.85. The van der Waals surface area contributed by atoms with Crippen molar-refractivity contribution >= 4 is 11.6 Å². The van der Waals surface area contributed by atoms with E-state index in [0.29, 0.717) is 5.69 Å². The van der Waals surface area contributed by atoms with Crippen LogP contribution < -0.4 is 11.2 Å². The van der Waals surface area contributed by atoms with E-state index in [2.05, 4.69) is 0 Å². The summed E-state index contributed by atoms with van der Waals surface area (Å²) in [6.07, 6.45) is 0. The SMILES string of the molecule is Cn1c(=O)cc(Cl)n(-c2ccc(F)cc2)c1=O. The molecule has 2 aromatic rings. The number of hydrogen-bond acceptors (Lipinski definition) is 2. The van der Waals surface area contributed by atoms with Crippen LogP contribution in [0.2, 0.25) is 5.15 Å². The number of benzene rings is 1. The quantitative estimate of drug-likeness (QED) is 0.721. The molecule has 6 heteroatoms. The summed E-state index contributed by atoms with van der Waals surface area (Å²) >= 11 is 5.84. The first-order chi connectivity index (χ1) is 8.00. The van der Waals surface area contributed by atoms with Crippen molar-refractivity contribution in [2.24, 2.45) is 7.05 Å². The maximum Gasteiger partial charge on any atom is 0.336 e. The van der Waals surface area contributed by atoms with Crippen molar-refractivity contribution in [3.63, 3.8) is 0 Å². The average molecular weight is 255 g/mol. The molecular weight excluding hydrogens is 247 g/mol. The molecule has 1 heterocycles. The van der Waals surface area contributed by atoms with E-state index < -0.39 is 17.1 Å². The molecule has 88 valence electrons. The lowest BCUT2D eigenvalue weighted by Crippen LogP contribution is -2.36. The van der Waals surface area contributed by atoms with Gasteiger partial charge >= 0.3 is 5.69 Å². The summed E-state index contributed by atoms with van der Waals surface area (Å²) < 4.78 is 14.8. The summed E-state index contributed by atoms with van der Waals surface area (Å²) in [5.74, 6) is -0.414. The van der Waals surface area contributed by atoms with Gasteiger partial charge in [-0.3, -0.25) is 13.9 Å². The molecule has 4 nitrogen and oxygen atoms in total. The summed E-state index contributed by atoms with van der Waals surface area (Å²) in [4.78, 5) is 23.1. The highest BCUT2D eigenvalue weighted by atomic mass is 35.5. The molecule has 0 N–H and O–H groups in total. The van der Waals surface area contributed by atoms with E-state index in [1.165, 1.54) is 31.3 Å². The van der Waals surface area contributed by atoms with Crippen LogP contribution in [0.3, 0.4) is 0 Å². The summed E-state index contributed by atoms with van der Waals surface area (Å²) in [5.41, 5.74) is -0.663. The highest BCUT2D eigenvalue weighted by Gasteiger charge is 2.09. The monoisotopic (exact) mass is 254 g/mol. The highest BCUT2D eigenvalue weighted by Crippen LogP contribution is 2.12. The zero-order chi connectivity index (χ0) is 12.6. The van der Waals surface area contributed by atoms with Crippen LogP contribution in [0.4, 0.5) is 4.39 Å². The molecule has 17 heavy (non-hydrogen) atoms. The van der Waals surface area contributed by atoms with E-state index >= 15 is 0 Å². The first-order valence-electron chi connectivity index (χ1n) is 4.75. The third kappa shape index (κ3) is 2.01. The Morgan fingerprint density at radius 1 is 1.18 bits per heavy atom. The first-order valence-corrected chi connectivity index (χ1v) is 5.13. The molecule has 0 aliphatic heterocycles. The lowest BCUT2D eigenvalue weighted by molar-refractivity contribution is 0.627. The normalized spacial score (nSPS) is 10.5. The van der Waals surface area contributed by atoms with Gasteiger partial charge in [-0.25, -0.2) is 9.18 Å². The zero-order valence-electron chi connectivity index (χ0n) is 8.85. The number of halogens is 2. The largest absolute Gasteiger partial charge is 0.336 e. The average Bonchev–Trinajstić information content (AvgIpc) is 2.29. The van der Waals surface area contributed by atoms with E-state index in [1.807, 2.05) is 0 Å². The van der Waals surface area contributed by atoms with E-state index in [-0.39, 0.29) is 5.15 Å². The fraction of sp³-hybridized carbons (Fsp3) is 0.0909. The van der Waals surface area contributed by atoms with Gasteiger partial charge in [-0.1, -0.05) is 11.6 Å². The molecule has 0 aliphatic rings. The fourth-order valence-corrected chi connectivity index (χ4v) is 1.69. The Bertz CT molecular complexity index is 673. The molecule has 0 radical (unpaired) electrons. The van der Waals surface area contributed by atoms with Gasteiger partial charge in [-0.2, -0.15) is 0 Å². The smallest absolute Gasteiger partial charge is 0.269 e. The van der Waals surface area contributed by atoms with E-state index in [9.17, 15) is 14.0 Å². The standard InChI is InChI=1S/C11H8ClFN2O2/c1-14-10(16)6-9(12)15(11(14)17)8-4-2-7(13)3-5-8/h2-6H,1H3. The number of aromatic nitrogens is 2. The van der Waals surface area contributed by atoms with Crippen LogP contribution in [-0.4, -0.2) is 9.13 Å². The third-order valence-electron chi connectivity index (χ3n) is 2.35. The van der Waals surface area contributed by atoms with Gasteiger partial charge in [0.1, 0.15) is 11.0 Å². The summed E-state index contributed by atoms with van der Waals surface area (Å²) in [5, 5.41) is -0.00953. The van der Waals surface area contributed by atoms with Crippen LogP contribution in [-0.2, 0) is 7.05 Å². The Kier molecular flexibility index (Phi) is 2.85. The minimum absolute atomic E-state index is 0.00953. The van der Waals surface area contributed by atoms with Crippen molar-refractivity contribution in [1.82, 2.24) is 9.13 Å². The number of hydrogen-bond donors (Lipinski definition) is 0. The van der Waals surface area contributed by atoms with Crippen LogP contribution in [0.15, 0.2) is 39.9 Å². The first kappa shape index (κ1) is 11.6. The Balaban J connectivity index is 2.76. The molecule has 0 spiro atoms. The van der Waals surface area contributed by atoms with E-state index in [1.54, 1.807) is 0 Å². The van der Waals surface area contributed by atoms with Gasteiger partial charge in [0.15, 0.2) is 0 Å². The Morgan fingerprint density at radius 3 is 2.35 bits per heavy atom. The Morgan fingerprint density at radius 2 is 1.76 bits per heavy atom. The molecule has 0 fully saturated rings. The molecule has 1 aromatic carbocycles. The van der Waals surface area contributed by atoms with Gasteiger partial charge < -0.3 is 0 Å². The summed E-state index contributed by atoms with van der Waals surface area (Å²) in [6, 6.07) is 6.37. The lowest BCUT2D eigenvalue weighted by Gasteiger charge is -2.09. The Labute approximate surface area is 101 Å². The van der Waals surface area contributed by atoms with Crippen molar-refractivity contribution in [2.75, 3.05) is 0 Å². The van der Waals surface area contributed by atoms with Gasteiger partial charge in [0.2, 0.25) is 0 Å². The minimum Gasteiger partial charge on any atom is -0.269 e. The molecular formula is C11H8ClFN2O2. The summed E-state index contributed by atoms with van der Waals surface area (Å²) in [7, 11) is 1.35. The molecule has 0 amide bonds. The highest BCUT2D eigenvalue weighted by molar-refractivity contribution is 6.29. The molecule has 1 aromatic heterocycles.